The minimum absolute atomic E-state index is 0.00640. The molecule has 0 N–H and O–H groups in total. The molecule has 26 heavy (non-hydrogen) atoms. The highest BCUT2D eigenvalue weighted by Crippen LogP contribution is 2.30. The third-order valence-corrected chi connectivity index (χ3v) is 5.08. The average molecular weight is 370 g/mol. The van der Waals surface area contributed by atoms with E-state index >= 15 is 0 Å². The average Bonchev–Trinajstić information content (AvgIpc) is 2.48. The van der Waals surface area contributed by atoms with Crippen LogP contribution in [0.1, 0.15) is 101 Å². The standard InChI is InChI=1S/C23H47NO2/c1-11-13-20(14-12-2)21(19(7)8)26-22(25)24(16-18(5)6)23(9,10)15-17(3)4/h17-21H,11-16H2,1-10H3. The lowest BCUT2D eigenvalue weighted by atomic mass is 9.86. The number of carbonyl (C=O) groups is 1. The predicted molar refractivity (Wildman–Crippen MR) is 113 cm³/mol. The Morgan fingerprint density at radius 2 is 1.42 bits per heavy atom. The molecule has 1 atom stereocenters. The van der Waals surface area contributed by atoms with E-state index in [1.165, 1.54) is 0 Å². The van der Waals surface area contributed by atoms with E-state index in [-0.39, 0.29) is 17.7 Å². The van der Waals surface area contributed by atoms with Gasteiger partial charge in [-0.3, -0.25) is 0 Å². The van der Waals surface area contributed by atoms with Gasteiger partial charge < -0.3 is 9.64 Å². The van der Waals surface area contributed by atoms with Crippen molar-refractivity contribution in [3.63, 3.8) is 0 Å². The van der Waals surface area contributed by atoms with Crippen LogP contribution in [-0.4, -0.2) is 29.2 Å². The maximum absolute atomic E-state index is 13.2. The van der Waals surface area contributed by atoms with E-state index < -0.39 is 0 Å². The van der Waals surface area contributed by atoms with Gasteiger partial charge in [-0.1, -0.05) is 68.2 Å². The molecule has 0 saturated heterocycles. The summed E-state index contributed by atoms with van der Waals surface area (Å²) in [5.74, 6) is 1.77. The molecule has 0 aromatic rings. The predicted octanol–water partition coefficient (Wildman–Crippen LogP) is 7.15. The molecule has 0 bridgehead atoms. The molecule has 3 nitrogen and oxygen atoms in total. The van der Waals surface area contributed by atoms with Crippen molar-refractivity contribution in [2.45, 2.75) is 113 Å². The van der Waals surface area contributed by atoms with E-state index in [0.29, 0.717) is 23.7 Å². The Bertz CT molecular complexity index is 382. The minimum Gasteiger partial charge on any atom is -0.446 e. The maximum atomic E-state index is 13.2. The van der Waals surface area contributed by atoms with E-state index in [4.69, 9.17) is 4.74 Å². The van der Waals surface area contributed by atoms with Crippen LogP contribution in [-0.2, 0) is 4.74 Å². The highest BCUT2D eigenvalue weighted by molar-refractivity contribution is 5.69. The lowest BCUT2D eigenvalue weighted by Gasteiger charge is -2.42. The van der Waals surface area contributed by atoms with Crippen molar-refractivity contribution < 1.29 is 9.53 Å². The van der Waals surface area contributed by atoms with E-state index in [0.717, 1.165) is 38.6 Å². The van der Waals surface area contributed by atoms with Crippen LogP contribution in [0.2, 0.25) is 0 Å². The zero-order valence-corrected chi connectivity index (χ0v) is 19.4. The van der Waals surface area contributed by atoms with Crippen LogP contribution in [0.5, 0.6) is 0 Å². The third-order valence-electron chi connectivity index (χ3n) is 5.08. The van der Waals surface area contributed by atoms with Crippen molar-refractivity contribution in [3.05, 3.63) is 0 Å². The molecule has 1 amide bonds. The summed E-state index contributed by atoms with van der Waals surface area (Å²) in [5, 5.41) is 0. The molecule has 0 aromatic heterocycles. The van der Waals surface area contributed by atoms with Gasteiger partial charge in [0.2, 0.25) is 0 Å². The number of hydrogen-bond donors (Lipinski definition) is 0. The molecule has 0 rings (SSSR count). The Balaban J connectivity index is 5.45. The highest BCUT2D eigenvalue weighted by atomic mass is 16.6. The van der Waals surface area contributed by atoms with Crippen molar-refractivity contribution in [2.75, 3.05) is 6.54 Å². The molecule has 0 aliphatic rings. The fourth-order valence-electron chi connectivity index (χ4n) is 4.21. The quantitative estimate of drug-likeness (QED) is 0.365. The van der Waals surface area contributed by atoms with Gasteiger partial charge >= 0.3 is 6.09 Å². The topological polar surface area (TPSA) is 29.5 Å². The second kappa shape index (κ2) is 11.9. The molecule has 1 unspecified atom stereocenters. The fourth-order valence-corrected chi connectivity index (χ4v) is 4.21. The molecule has 0 radical (unpaired) electrons. The van der Waals surface area contributed by atoms with Crippen molar-refractivity contribution in [3.8, 4) is 0 Å². The molecular formula is C23H47NO2. The second-order valence-electron chi connectivity index (χ2n) is 9.84. The lowest BCUT2D eigenvalue weighted by Crippen LogP contribution is -2.51. The zero-order valence-electron chi connectivity index (χ0n) is 19.4. The van der Waals surface area contributed by atoms with Crippen LogP contribution in [0.4, 0.5) is 4.79 Å². The Labute approximate surface area is 164 Å². The van der Waals surface area contributed by atoms with Crippen molar-refractivity contribution in [1.29, 1.82) is 0 Å². The summed E-state index contributed by atoms with van der Waals surface area (Å²) in [5.41, 5.74) is -0.192. The minimum atomic E-state index is -0.192. The SMILES string of the molecule is CCCC(CCC)C(OC(=O)N(CC(C)C)C(C)(C)CC(C)C)C(C)C. The van der Waals surface area contributed by atoms with Gasteiger partial charge in [0, 0.05) is 12.1 Å². The van der Waals surface area contributed by atoms with Gasteiger partial charge in [0.1, 0.15) is 6.10 Å². The van der Waals surface area contributed by atoms with Crippen LogP contribution in [0.25, 0.3) is 0 Å². The van der Waals surface area contributed by atoms with Gasteiger partial charge in [0.25, 0.3) is 0 Å². The smallest absolute Gasteiger partial charge is 0.410 e. The van der Waals surface area contributed by atoms with Crippen LogP contribution < -0.4 is 0 Å². The molecule has 0 fully saturated rings. The molecule has 0 saturated carbocycles. The van der Waals surface area contributed by atoms with Gasteiger partial charge in [-0.25, -0.2) is 4.79 Å². The Hall–Kier alpha value is -0.730. The van der Waals surface area contributed by atoms with Crippen molar-refractivity contribution in [2.24, 2.45) is 23.7 Å². The van der Waals surface area contributed by atoms with Gasteiger partial charge in [0.05, 0.1) is 0 Å². The molecule has 0 aliphatic carbocycles. The van der Waals surface area contributed by atoms with E-state index in [9.17, 15) is 4.79 Å². The summed E-state index contributed by atoms with van der Waals surface area (Å²) in [6, 6.07) is 0. The third kappa shape index (κ3) is 8.77. The number of carbonyl (C=O) groups excluding carboxylic acids is 1. The molecular weight excluding hydrogens is 322 g/mol. The van der Waals surface area contributed by atoms with Gasteiger partial charge in [-0.05, 0) is 56.8 Å². The van der Waals surface area contributed by atoms with Crippen LogP contribution in [0.15, 0.2) is 0 Å². The number of amides is 1. The van der Waals surface area contributed by atoms with E-state index in [1.54, 1.807) is 0 Å². The summed E-state index contributed by atoms with van der Waals surface area (Å²) in [6.45, 7) is 22.7. The number of ether oxygens (including phenoxy) is 1. The molecule has 0 spiro atoms. The molecule has 3 heteroatoms. The van der Waals surface area contributed by atoms with Gasteiger partial charge in [0.15, 0.2) is 0 Å². The first-order valence-corrected chi connectivity index (χ1v) is 10.9. The summed E-state index contributed by atoms with van der Waals surface area (Å²) in [4.78, 5) is 15.2. The van der Waals surface area contributed by atoms with Gasteiger partial charge in [-0.15, -0.1) is 0 Å². The number of rotatable bonds is 12. The first-order chi connectivity index (χ1) is 12.0. The first kappa shape index (κ1) is 25.3. The molecule has 0 aromatic carbocycles. The number of hydrogen-bond acceptors (Lipinski definition) is 2. The summed E-state index contributed by atoms with van der Waals surface area (Å²) >= 11 is 0. The molecule has 0 aliphatic heterocycles. The summed E-state index contributed by atoms with van der Waals surface area (Å²) < 4.78 is 6.20. The number of nitrogens with zero attached hydrogens (tertiary/aromatic N) is 1. The summed E-state index contributed by atoms with van der Waals surface area (Å²) in [6.07, 6.45) is 5.40. The van der Waals surface area contributed by atoms with Crippen LogP contribution in [0, 0.1) is 23.7 Å². The van der Waals surface area contributed by atoms with E-state index in [1.807, 2.05) is 4.90 Å². The fraction of sp³-hybridized carbons (Fsp3) is 0.957. The van der Waals surface area contributed by atoms with Crippen molar-refractivity contribution in [1.82, 2.24) is 4.90 Å². The largest absolute Gasteiger partial charge is 0.446 e. The summed E-state index contributed by atoms with van der Waals surface area (Å²) in [7, 11) is 0. The Morgan fingerprint density at radius 1 is 0.923 bits per heavy atom. The zero-order chi connectivity index (χ0) is 20.5. The monoisotopic (exact) mass is 369 g/mol. The van der Waals surface area contributed by atoms with Crippen LogP contribution in [0.3, 0.4) is 0 Å². The highest BCUT2D eigenvalue weighted by Gasteiger charge is 2.36. The van der Waals surface area contributed by atoms with Gasteiger partial charge in [-0.2, -0.15) is 0 Å². The Morgan fingerprint density at radius 3 is 1.77 bits per heavy atom. The second-order valence-corrected chi connectivity index (χ2v) is 9.84. The maximum Gasteiger partial charge on any atom is 0.410 e. The Kier molecular flexibility index (Phi) is 11.5. The van der Waals surface area contributed by atoms with Crippen LogP contribution >= 0.6 is 0 Å². The van der Waals surface area contributed by atoms with E-state index in [2.05, 4.69) is 69.2 Å². The van der Waals surface area contributed by atoms with Crippen molar-refractivity contribution >= 4 is 6.09 Å². The lowest BCUT2D eigenvalue weighted by molar-refractivity contribution is -0.0169. The molecule has 0 heterocycles. The molecule has 156 valence electrons. The first-order valence-electron chi connectivity index (χ1n) is 10.9. The normalized spacial score (nSPS) is 13.8.